The first-order valence-corrected chi connectivity index (χ1v) is 3.66. The predicted octanol–water partition coefficient (Wildman–Crippen LogP) is 0.205. The lowest BCUT2D eigenvalue weighted by atomic mass is 10.4. The number of ether oxygens (including phenoxy) is 2. The minimum absolute atomic E-state index is 0.110. The van der Waals surface area contributed by atoms with Crippen molar-refractivity contribution in [1.82, 2.24) is 0 Å². The van der Waals surface area contributed by atoms with Crippen LogP contribution in [0.4, 0.5) is 0 Å². The first kappa shape index (κ1) is 11.6. The lowest BCUT2D eigenvalue weighted by molar-refractivity contribution is -0.141. The molecule has 0 aliphatic rings. The first-order valence-electron chi connectivity index (χ1n) is 3.66. The summed E-state index contributed by atoms with van der Waals surface area (Å²) in [7, 11) is 1.49. The van der Waals surface area contributed by atoms with Crippen molar-refractivity contribution in [3.8, 4) is 0 Å². The number of methoxy groups -OCH3 is 1. The van der Waals surface area contributed by atoms with Crippen molar-refractivity contribution in [1.29, 1.82) is 0 Å². The summed E-state index contributed by atoms with van der Waals surface area (Å²) in [6.07, 6.45) is 1.38. The Labute approximate surface area is 75.9 Å². The van der Waals surface area contributed by atoms with Crippen LogP contribution in [-0.4, -0.2) is 36.9 Å². The number of esters is 1. The molecule has 0 heterocycles. The first-order chi connectivity index (χ1) is 6.06. The standard InChI is InChI=1S/C8H12O5/c1-6(12-2)5-13-8(11)4-3-7(9)10/h3-4,6H,5H2,1-2H3,(H,9,10). The minimum Gasteiger partial charge on any atom is -0.478 e. The molecule has 1 N–H and O–H groups in total. The van der Waals surface area contributed by atoms with Gasteiger partial charge in [-0.05, 0) is 6.92 Å². The van der Waals surface area contributed by atoms with Crippen molar-refractivity contribution < 1.29 is 24.2 Å². The Balaban J connectivity index is 3.69. The van der Waals surface area contributed by atoms with E-state index in [0.29, 0.717) is 0 Å². The zero-order valence-corrected chi connectivity index (χ0v) is 7.52. The Morgan fingerprint density at radius 2 is 2.08 bits per heavy atom. The molecule has 1 atom stereocenters. The lowest BCUT2D eigenvalue weighted by Crippen LogP contribution is -2.16. The second-order valence-electron chi connectivity index (χ2n) is 2.35. The molecule has 1 unspecified atom stereocenters. The zero-order chi connectivity index (χ0) is 10.3. The molecule has 0 radical (unpaired) electrons. The minimum atomic E-state index is -1.18. The maximum absolute atomic E-state index is 10.7. The van der Waals surface area contributed by atoms with E-state index in [9.17, 15) is 9.59 Å². The van der Waals surface area contributed by atoms with Crippen LogP contribution in [0.3, 0.4) is 0 Å². The number of hydrogen-bond acceptors (Lipinski definition) is 4. The van der Waals surface area contributed by atoms with Crippen LogP contribution in [0, 0.1) is 0 Å². The van der Waals surface area contributed by atoms with E-state index in [2.05, 4.69) is 4.74 Å². The molecule has 74 valence electrons. The molecule has 5 heteroatoms. The molecular weight excluding hydrogens is 176 g/mol. The van der Waals surface area contributed by atoms with Crippen LogP contribution in [0.1, 0.15) is 6.92 Å². The number of carboxylic acid groups (broad SMARTS) is 1. The maximum Gasteiger partial charge on any atom is 0.331 e. The highest BCUT2D eigenvalue weighted by molar-refractivity contribution is 5.90. The van der Waals surface area contributed by atoms with Crippen LogP contribution in [0.15, 0.2) is 12.2 Å². The predicted molar refractivity (Wildman–Crippen MR) is 44.2 cm³/mol. The third-order valence-corrected chi connectivity index (χ3v) is 1.22. The molecule has 0 saturated carbocycles. The van der Waals surface area contributed by atoms with Crippen molar-refractivity contribution in [3.63, 3.8) is 0 Å². The molecule has 0 aromatic carbocycles. The Hall–Kier alpha value is -1.36. The van der Waals surface area contributed by atoms with Crippen molar-refractivity contribution >= 4 is 11.9 Å². The second kappa shape index (κ2) is 6.19. The van der Waals surface area contributed by atoms with Crippen molar-refractivity contribution in [2.45, 2.75) is 13.0 Å². The molecule has 0 aliphatic heterocycles. The van der Waals surface area contributed by atoms with Crippen LogP contribution in [0.25, 0.3) is 0 Å². The molecule has 0 aliphatic carbocycles. The fraction of sp³-hybridized carbons (Fsp3) is 0.500. The quantitative estimate of drug-likeness (QED) is 0.493. The normalized spacial score (nSPS) is 12.8. The van der Waals surface area contributed by atoms with Gasteiger partial charge in [0.1, 0.15) is 6.61 Å². The van der Waals surface area contributed by atoms with E-state index >= 15 is 0 Å². The monoisotopic (exact) mass is 188 g/mol. The highest BCUT2D eigenvalue weighted by Gasteiger charge is 2.03. The van der Waals surface area contributed by atoms with Crippen LogP contribution < -0.4 is 0 Å². The van der Waals surface area contributed by atoms with Gasteiger partial charge in [-0.1, -0.05) is 0 Å². The molecule has 0 aromatic heterocycles. The largest absolute Gasteiger partial charge is 0.478 e. The van der Waals surface area contributed by atoms with Gasteiger partial charge in [-0.15, -0.1) is 0 Å². The summed E-state index contributed by atoms with van der Waals surface area (Å²) in [5.41, 5.74) is 0. The molecular formula is C8H12O5. The zero-order valence-electron chi connectivity index (χ0n) is 7.52. The van der Waals surface area contributed by atoms with Gasteiger partial charge >= 0.3 is 11.9 Å². The van der Waals surface area contributed by atoms with Gasteiger partial charge in [-0.2, -0.15) is 0 Å². The van der Waals surface area contributed by atoms with Gasteiger partial charge < -0.3 is 14.6 Å². The fourth-order valence-electron chi connectivity index (χ4n) is 0.455. The Morgan fingerprint density at radius 3 is 2.54 bits per heavy atom. The van der Waals surface area contributed by atoms with Crippen LogP contribution in [0.2, 0.25) is 0 Å². The molecule has 0 saturated heterocycles. The van der Waals surface area contributed by atoms with Crippen molar-refractivity contribution in [2.24, 2.45) is 0 Å². The Bertz CT molecular complexity index is 209. The molecule has 0 rings (SSSR count). The van der Waals surface area contributed by atoms with E-state index in [-0.39, 0.29) is 12.7 Å². The molecule has 0 spiro atoms. The fourth-order valence-corrected chi connectivity index (χ4v) is 0.455. The summed E-state index contributed by atoms with van der Waals surface area (Å²) < 4.78 is 9.44. The van der Waals surface area contributed by atoms with Crippen molar-refractivity contribution in [2.75, 3.05) is 13.7 Å². The van der Waals surface area contributed by atoms with Gasteiger partial charge in [0.2, 0.25) is 0 Å². The SMILES string of the molecule is COC(C)COC(=O)C=CC(=O)O. The van der Waals surface area contributed by atoms with E-state index < -0.39 is 11.9 Å². The molecule has 0 amide bonds. The van der Waals surface area contributed by atoms with Crippen molar-refractivity contribution in [3.05, 3.63) is 12.2 Å². The summed E-state index contributed by atoms with van der Waals surface area (Å²) in [4.78, 5) is 20.7. The molecule has 0 aromatic rings. The highest BCUT2D eigenvalue weighted by Crippen LogP contribution is 1.90. The van der Waals surface area contributed by atoms with E-state index in [1.54, 1.807) is 6.92 Å². The molecule has 0 bridgehead atoms. The van der Waals surface area contributed by atoms with Crippen LogP contribution >= 0.6 is 0 Å². The van der Waals surface area contributed by atoms with Gasteiger partial charge in [-0.3, -0.25) is 0 Å². The van der Waals surface area contributed by atoms with Gasteiger partial charge in [0, 0.05) is 19.3 Å². The maximum atomic E-state index is 10.7. The third kappa shape index (κ3) is 7.02. The van der Waals surface area contributed by atoms with Crippen LogP contribution in [-0.2, 0) is 19.1 Å². The Morgan fingerprint density at radius 1 is 1.46 bits per heavy atom. The molecule has 13 heavy (non-hydrogen) atoms. The van der Waals surface area contributed by atoms with Gasteiger partial charge in [0.05, 0.1) is 6.10 Å². The van der Waals surface area contributed by atoms with E-state index in [1.807, 2.05) is 0 Å². The number of hydrogen-bond donors (Lipinski definition) is 1. The number of carbonyl (C=O) groups excluding carboxylic acids is 1. The van der Waals surface area contributed by atoms with Gasteiger partial charge in [0.15, 0.2) is 0 Å². The molecule has 5 nitrogen and oxygen atoms in total. The van der Waals surface area contributed by atoms with Gasteiger partial charge in [-0.25, -0.2) is 9.59 Å². The summed E-state index contributed by atoms with van der Waals surface area (Å²) in [5, 5.41) is 8.17. The average molecular weight is 188 g/mol. The highest BCUT2D eigenvalue weighted by atomic mass is 16.6. The van der Waals surface area contributed by atoms with Gasteiger partial charge in [0.25, 0.3) is 0 Å². The van der Waals surface area contributed by atoms with E-state index in [0.717, 1.165) is 12.2 Å². The van der Waals surface area contributed by atoms with E-state index in [1.165, 1.54) is 7.11 Å². The average Bonchev–Trinajstić information content (AvgIpc) is 2.10. The summed E-state index contributed by atoms with van der Waals surface area (Å²) in [6, 6.07) is 0. The smallest absolute Gasteiger partial charge is 0.331 e. The number of aliphatic carboxylic acids is 1. The van der Waals surface area contributed by atoms with E-state index in [4.69, 9.17) is 9.84 Å². The number of carbonyl (C=O) groups is 2. The molecule has 0 fully saturated rings. The van der Waals surface area contributed by atoms with Crippen LogP contribution in [0.5, 0.6) is 0 Å². The second-order valence-corrected chi connectivity index (χ2v) is 2.35. The Kier molecular flexibility index (Phi) is 5.54. The number of rotatable bonds is 5. The lowest BCUT2D eigenvalue weighted by Gasteiger charge is -2.07. The third-order valence-electron chi connectivity index (χ3n) is 1.22. The summed E-state index contributed by atoms with van der Waals surface area (Å²) in [5.74, 6) is -1.87. The topological polar surface area (TPSA) is 72.8 Å². The number of carboxylic acids is 1. The summed E-state index contributed by atoms with van der Waals surface area (Å²) in [6.45, 7) is 1.84. The summed E-state index contributed by atoms with van der Waals surface area (Å²) >= 11 is 0.